The fourth-order valence-corrected chi connectivity index (χ4v) is 2.72. The van der Waals surface area contributed by atoms with Gasteiger partial charge in [0.25, 0.3) is 0 Å². The third-order valence-electron chi connectivity index (χ3n) is 3.63. The number of hydrogen-bond donors (Lipinski definition) is 1. The van der Waals surface area contributed by atoms with Crippen molar-refractivity contribution in [1.29, 1.82) is 0 Å². The molecule has 0 radical (unpaired) electrons. The smallest absolute Gasteiger partial charge is 0.0406 e. The summed E-state index contributed by atoms with van der Waals surface area (Å²) in [5.74, 6) is 0.656. The minimum absolute atomic E-state index is 0.387. The van der Waals surface area contributed by atoms with Gasteiger partial charge in [-0.25, -0.2) is 0 Å². The van der Waals surface area contributed by atoms with E-state index in [0.717, 1.165) is 11.4 Å². The molecule has 1 aromatic carbocycles. The largest absolute Gasteiger partial charge is 0.327 e. The van der Waals surface area contributed by atoms with Gasteiger partial charge in [-0.15, -0.1) is 0 Å². The zero-order chi connectivity index (χ0) is 11.4. The molecule has 0 amide bonds. The Morgan fingerprint density at radius 3 is 2.50 bits per heavy atom. The van der Waals surface area contributed by atoms with Gasteiger partial charge in [0.15, 0.2) is 0 Å². The Bertz CT molecular complexity index is 320. The lowest BCUT2D eigenvalue weighted by Gasteiger charge is -2.21. The highest BCUT2D eigenvalue weighted by molar-refractivity contribution is 6.30. The molecule has 1 fully saturated rings. The Morgan fingerprint density at radius 1 is 1.06 bits per heavy atom. The number of benzene rings is 1. The molecule has 88 valence electrons. The van der Waals surface area contributed by atoms with Crippen LogP contribution in [0.4, 0.5) is 0 Å². The highest BCUT2D eigenvalue weighted by Crippen LogP contribution is 2.25. The average Bonchev–Trinajstić information content (AvgIpc) is 2.48. The first-order chi connectivity index (χ1) is 7.75. The molecule has 1 nitrogen and oxygen atoms in total. The van der Waals surface area contributed by atoms with Gasteiger partial charge in [-0.2, -0.15) is 0 Å². The van der Waals surface area contributed by atoms with Crippen LogP contribution in [0.1, 0.15) is 37.7 Å². The van der Waals surface area contributed by atoms with E-state index in [1.807, 2.05) is 12.1 Å². The number of halogens is 1. The van der Waals surface area contributed by atoms with E-state index in [1.54, 1.807) is 0 Å². The number of rotatable bonds is 2. The molecule has 0 saturated heterocycles. The van der Waals surface area contributed by atoms with Crippen molar-refractivity contribution in [2.45, 2.75) is 44.6 Å². The molecule has 0 aromatic heterocycles. The van der Waals surface area contributed by atoms with Gasteiger partial charge in [0, 0.05) is 11.1 Å². The van der Waals surface area contributed by atoms with Gasteiger partial charge in [0.2, 0.25) is 0 Å². The molecule has 1 aliphatic rings. The van der Waals surface area contributed by atoms with Crippen molar-refractivity contribution in [2.24, 2.45) is 11.7 Å². The normalized spacial score (nSPS) is 26.4. The summed E-state index contributed by atoms with van der Waals surface area (Å²) in [5, 5.41) is 0.814. The molecular weight excluding hydrogens is 218 g/mol. The molecule has 0 aliphatic heterocycles. The van der Waals surface area contributed by atoms with E-state index in [1.165, 1.54) is 37.7 Å². The maximum Gasteiger partial charge on any atom is 0.0406 e. The Labute approximate surface area is 103 Å². The second-order valence-electron chi connectivity index (χ2n) is 4.89. The summed E-state index contributed by atoms with van der Waals surface area (Å²) in [5.41, 5.74) is 7.60. The molecule has 2 heteroatoms. The Hall–Kier alpha value is -0.530. The lowest BCUT2D eigenvalue weighted by Crippen LogP contribution is -2.30. The van der Waals surface area contributed by atoms with E-state index in [4.69, 9.17) is 17.3 Å². The van der Waals surface area contributed by atoms with E-state index in [2.05, 4.69) is 12.1 Å². The van der Waals surface area contributed by atoms with Crippen molar-refractivity contribution in [2.75, 3.05) is 0 Å². The summed E-state index contributed by atoms with van der Waals surface area (Å²) >= 11 is 5.88. The topological polar surface area (TPSA) is 26.0 Å². The van der Waals surface area contributed by atoms with Crippen LogP contribution in [0.15, 0.2) is 24.3 Å². The van der Waals surface area contributed by atoms with Gasteiger partial charge < -0.3 is 5.73 Å². The first-order valence-corrected chi connectivity index (χ1v) is 6.63. The van der Waals surface area contributed by atoms with Crippen LogP contribution in [0, 0.1) is 5.92 Å². The van der Waals surface area contributed by atoms with Crippen LogP contribution in [-0.4, -0.2) is 6.04 Å². The highest BCUT2D eigenvalue weighted by Gasteiger charge is 2.20. The third-order valence-corrected chi connectivity index (χ3v) is 3.88. The van der Waals surface area contributed by atoms with Crippen LogP contribution in [-0.2, 0) is 6.42 Å². The van der Waals surface area contributed by atoms with E-state index >= 15 is 0 Å². The maximum absolute atomic E-state index is 6.23. The van der Waals surface area contributed by atoms with Crippen LogP contribution >= 0.6 is 11.6 Å². The first kappa shape index (κ1) is 11.9. The standard InChI is InChI=1S/C14H20ClN/c15-13-8-6-11(7-9-13)10-12-4-2-1-3-5-14(12)16/h6-9,12,14H,1-5,10,16H2. The maximum atomic E-state index is 6.23. The van der Waals surface area contributed by atoms with E-state index in [0.29, 0.717) is 12.0 Å². The molecule has 0 heterocycles. The van der Waals surface area contributed by atoms with Crippen LogP contribution in [0.5, 0.6) is 0 Å². The predicted octanol–water partition coefficient (Wildman–Crippen LogP) is 3.79. The molecule has 1 saturated carbocycles. The molecule has 2 rings (SSSR count). The van der Waals surface area contributed by atoms with Crippen molar-refractivity contribution >= 4 is 11.6 Å². The van der Waals surface area contributed by atoms with E-state index in [-0.39, 0.29) is 0 Å². The average molecular weight is 238 g/mol. The van der Waals surface area contributed by atoms with Crippen LogP contribution in [0.3, 0.4) is 0 Å². The molecule has 1 aromatic rings. The van der Waals surface area contributed by atoms with Gasteiger partial charge in [0.05, 0.1) is 0 Å². The molecule has 2 unspecified atom stereocenters. The second-order valence-corrected chi connectivity index (χ2v) is 5.33. The van der Waals surface area contributed by atoms with Crippen molar-refractivity contribution in [3.63, 3.8) is 0 Å². The second kappa shape index (κ2) is 5.70. The fraction of sp³-hybridized carbons (Fsp3) is 0.571. The van der Waals surface area contributed by atoms with Gasteiger partial charge in [-0.3, -0.25) is 0 Å². The van der Waals surface area contributed by atoms with Crippen molar-refractivity contribution in [1.82, 2.24) is 0 Å². The van der Waals surface area contributed by atoms with Crippen LogP contribution in [0.2, 0.25) is 5.02 Å². The molecule has 1 aliphatic carbocycles. The number of nitrogens with two attached hydrogens (primary N) is 1. The summed E-state index contributed by atoms with van der Waals surface area (Å²) in [6.07, 6.45) is 7.58. The molecule has 0 bridgehead atoms. The SMILES string of the molecule is NC1CCCCCC1Cc1ccc(Cl)cc1. The zero-order valence-corrected chi connectivity index (χ0v) is 10.4. The summed E-state index contributed by atoms with van der Waals surface area (Å²) < 4.78 is 0. The molecule has 2 atom stereocenters. The highest BCUT2D eigenvalue weighted by atomic mass is 35.5. The fourth-order valence-electron chi connectivity index (χ4n) is 2.59. The first-order valence-electron chi connectivity index (χ1n) is 6.26. The monoisotopic (exact) mass is 237 g/mol. The van der Waals surface area contributed by atoms with Gasteiger partial charge >= 0.3 is 0 Å². The molecule has 16 heavy (non-hydrogen) atoms. The Kier molecular flexibility index (Phi) is 4.25. The quantitative estimate of drug-likeness (QED) is 0.779. The van der Waals surface area contributed by atoms with Crippen molar-refractivity contribution in [3.8, 4) is 0 Å². The minimum Gasteiger partial charge on any atom is -0.327 e. The van der Waals surface area contributed by atoms with Gasteiger partial charge in [-0.05, 0) is 42.9 Å². The van der Waals surface area contributed by atoms with Crippen LogP contribution in [0.25, 0.3) is 0 Å². The Balaban J connectivity index is 1.99. The lowest BCUT2D eigenvalue weighted by atomic mass is 9.89. The summed E-state index contributed by atoms with van der Waals surface area (Å²) in [4.78, 5) is 0. The van der Waals surface area contributed by atoms with Gasteiger partial charge in [-0.1, -0.05) is 43.0 Å². The molecule has 2 N–H and O–H groups in total. The van der Waals surface area contributed by atoms with E-state index < -0.39 is 0 Å². The number of hydrogen-bond acceptors (Lipinski definition) is 1. The van der Waals surface area contributed by atoms with Crippen molar-refractivity contribution in [3.05, 3.63) is 34.9 Å². The predicted molar refractivity (Wildman–Crippen MR) is 69.7 cm³/mol. The summed E-state index contributed by atoms with van der Waals surface area (Å²) in [7, 11) is 0. The summed E-state index contributed by atoms with van der Waals surface area (Å²) in [6.45, 7) is 0. The Morgan fingerprint density at radius 2 is 1.75 bits per heavy atom. The molecular formula is C14H20ClN. The van der Waals surface area contributed by atoms with Crippen LogP contribution < -0.4 is 5.73 Å². The summed E-state index contributed by atoms with van der Waals surface area (Å²) in [6, 6.07) is 8.58. The minimum atomic E-state index is 0.387. The lowest BCUT2D eigenvalue weighted by molar-refractivity contribution is 0.395. The molecule has 0 spiro atoms. The third kappa shape index (κ3) is 3.23. The van der Waals surface area contributed by atoms with Crippen molar-refractivity contribution < 1.29 is 0 Å². The zero-order valence-electron chi connectivity index (χ0n) is 9.66. The van der Waals surface area contributed by atoms with E-state index in [9.17, 15) is 0 Å². The van der Waals surface area contributed by atoms with Gasteiger partial charge in [0.1, 0.15) is 0 Å².